The summed E-state index contributed by atoms with van der Waals surface area (Å²) in [6, 6.07) is 18.3. The van der Waals surface area contributed by atoms with Gasteiger partial charge >= 0.3 is 0 Å². The van der Waals surface area contributed by atoms with Crippen molar-refractivity contribution in [2.45, 2.75) is 26.3 Å². The number of imidazole rings is 1. The molecule has 0 bridgehead atoms. The molecule has 5 rings (SSSR count). The average Bonchev–Trinajstić information content (AvgIpc) is 3.43. The number of nitrogen functional groups attached to an aromatic ring is 1. The second-order valence-electron chi connectivity index (χ2n) is 8.88. The molecule has 2 heterocycles. The molecule has 1 atom stereocenters. The number of methoxy groups -OCH3 is 1. The highest BCUT2D eigenvalue weighted by molar-refractivity contribution is 5.93. The van der Waals surface area contributed by atoms with Crippen molar-refractivity contribution < 1.29 is 13.9 Å². The van der Waals surface area contributed by atoms with Crippen LogP contribution in [-0.2, 0) is 6.42 Å². The van der Waals surface area contributed by atoms with Crippen molar-refractivity contribution in [1.82, 2.24) is 15.0 Å². The van der Waals surface area contributed by atoms with Crippen LogP contribution in [0.15, 0.2) is 73.1 Å². The number of aromatic nitrogens is 3. The molecule has 5 aromatic rings. The van der Waals surface area contributed by atoms with Gasteiger partial charge in [-0.2, -0.15) is 0 Å². The van der Waals surface area contributed by atoms with Crippen LogP contribution in [0.4, 0.5) is 15.9 Å². The summed E-state index contributed by atoms with van der Waals surface area (Å²) in [5.74, 6) is 1.52. The Labute approximate surface area is 220 Å². The molecule has 0 spiro atoms. The topological polar surface area (TPSA) is 98.1 Å². The lowest BCUT2D eigenvalue weighted by Gasteiger charge is -2.22. The number of para-hydroxylation sites is 1. The number of nitrogens with zero attached hydrogens (tertiary/aromatic N) is 2. The first kappa shape index (κ1) is 25.1. The van der Waals surface area contributed by atoms with Crippen LogP contribution in [-0.4, -0.2) is 28.7 Å². The molecule has 38 heavy (non-hydrogen) atoms. The summed E-state index contributed by atoms with van der Waals surface area (Å²) in [7, 11) is 1.63. The lowest BCUT2D eigenvalue weighted by atomic mass is 9.99. The van der Waals surface area contributed by atoms with E-state index >= 15 is 4.39 Å². The molecule has 8 heteroatoms. The maximum Gasteiger partial charge on any atom is 0.170 e. The Balaban J connectivity index is 1.63. The number of ether oxygens (including phenoxy) is 2. The number of fused-ring (bicyclic) bond motifs is 1. The summed E-state index contributed by atoms with van der Waals surface area (Å²) in [4.78, 5) is 12.2. The van der Waals surface area contributed by atoms with Gasteiger partial charge in [-0.05, 0) is 66.8 Å². The number of nitrogens with one attached hydrogen (secondary N) is 2. The SMILES string of the molecule is CCOc1cc(CC)cc(C(Nc2ccc3c(N)nccc3c2)c2ncc(-c3ccccc3OC)[nH]2)c1F. The molecule has 0 radical (unpaired) electrons. The van der Waals surface area contributed by atoms with Gasteiger partial charge in [-0.3, -0.25) is 0 Å². The van der Waals surface area contributed by atoms with Gasteiger partial charge in [0.25, 0.3) is 0 Å². The van der Waals surface area contributed by atoms with E-state index in [-0.39, 0.29) is 5.75 Å². The molecule has 7 nitrogen and oxygen atoms in total. The lowest BCUT2D eigenvalue weighted by molar-refractivity contribution is 0.319. The molecule has 4 N–H and O–H groups in total. The van der Waals surface area contributed by atoms with Gasteiger partial charge in [0.15, 0.2) is 11.6 Å². The third-order valence-electron chi connectivity index (χ3n) is 6.52. The third kappa shape index (κ3) is 4.85. The van der Waals surface area contributed by atoms with Crippen LogP contribution in [0.1, 0.15) is 36.8 Å². The van der Waals surface area contributed by atoms with Gasteiger partial charge in [-0.15, -0.1) is 0 Å². The number of anilines is 2. The van der Waals surface area contributed by atoms with Crippen LogP contribution < -0.4 is 20.5 Å². The molecule has 0 saturated heterocycles. The number of rotatable bonds is 9. The number of hydrogen-bond donors (Lipinski definition) is 3. The first-order valence-corrected chi connectivity index (χ1v) is 12.6. The van der Waals surface area contributed by atoms with Gasteiger partial charge in [0.2, 0.25) is 0 Å². The Hall–Kier alpha value is -4.59. The summed E-state index contributed by atoms with van der Waals surface area (Å²) in [6.45, 7) is 4.24. The highest BCUT2D eigenvalue weighted by Gasteiger charge is 2.25. The molecule has 0 saturated carbocycles. The van der Waals surface area contributed by atoms with E-state index in [1.54, 1.807) is 25.6 Å². The maximum atomic E-state index is 15.9. The predicted molar refractivity (Wildman–Crippen MR) is 149 cm³/mol. The van der Waals surface area contributed by atoms with Gasteiger partial charge in [-0.25, -0.2) is 14.4 Å². The van der Waals surface area contributed by atoms with Crippen LogP contribution in [0.2, 0.25) is 0 Å². The number of aromatic amines is 1. The van der Waals surface area contributed by atoms with E-state index in [9.17, 15) is 0 Å². The summed E-state index contributed by atoms with van der Waals surface area (Å²) in [5.41, 5.74) is 9.85. The van der Waals surface area contributed by atoms with Gasteiger partial charge in [0, 0.05) is 28.4 Å². The van der Waals surface area contributed by atoms with Gasteiger partial charge in [-0.1, -0.05) is 25.1 Å². The van der Waals surface area contributed by atoms with Crippen LogP contribution in [0.5, 0.6) is 11.5 Å². The average molecular weight is 512 g/mol. The zero-order valence-electron chi connectivity index (χ0n) is 21.6. The van der Waals surface area contributed by atoms with Crippen molar-refractivity contribution in [2.75, 3.05) is 24.8 Å². The zero-order chi connectivity index (χ0) is 26.6. The summed E-state index contributed by atoms with van der Waals surface area (Å²) in [6.07, 6.45) is 4.14. The number of benzene rings is 3. The molecule has 0 aliphatic carbocycles. The summed E-state index contributed by atoms with van der Waals surface area (Å²) >= 11 is 0. The molecule has 0 fully saturated rings. The van der Waals surface area contributed by atoms with E-state index in [0.29, 0.717) is 29.6 Å². The van der Waals surface area contributed by atoms with Crippen molar-refractivity contribution in [2.24, 2.45) is 0 Å². The second-order valence-corrected chi connectivity index (χ2v) is 8.88. The highest BCUT2D eigenvalue weighted by atomic mass is 19.1. The standard InChI is InChI=1S/C30H30FN5O2/c1-4-18-14-23(27(31)26(15-18)38-5-2)28(35-20-10-11-21-19(16-20)12-13-33-29(21)32)30-34-17-24(36-30)22-8-6-7-9-25(22)37-3/h6-17,28,35H,4-5H2,1-3H3,(H2,32,33)(H,34,36). The quantitative estimate of drug-likeness (QED) is 0.208. The fourth-order valence-corrected chi connectivity index (χ4v) is 4.59. The van der Waals surface area contributed by atoms with Crippen LogP contribution >= 0.6 is 0 Å². The monoisotopic (exact) mass is 511 g/mol. The first-order valence-electron chi connectivity index (χ1n) is 12.6. The van der Waals surface area contributed by atoms with Crippen molar-refractivity contribution in [3.05, 3.63) is 95.8 Å². The number of hydrogen-bond acceptors (Lipinski definition) is 6. The fraction of sp³-hybridized carbons (Fsp3) is 0.200. The normalized spacial score (nSPS) is 11.9. The number of halogens is 1. The first-order chi connectivity index (χ1) is 18.5. The van der Waals surface area contributed by atoms with Crippen LogP contribution in [0, 0.1) is 5.82 Å². The van der Waals surface area contributed by atoms with Crippen molar-refractivity contribution >= 4 is 22.3 Å². The third-order valence-corrected chi connectivity index (χ3v) is 6.52. The van der Waals surface area contributed by atoms with E-state index in [0.717, 1.165) is 39.7 Å². The molecular formula is C30H30FN5O2. The number of nitrogens with two attached hydrogens (primary N) is 1. The molecule has 3 aromatic carbocycles. The number of H-pyrrole nitrogens is 1. The molecule has 0 aliphatic rings. The minimum absolute atomic E-state index is 0.225. The smallest absolute Gasteiger partial charge is 0.170 e. The minimum atomic E-state index is -0.638. The molecular weight excluding hydrogens is 481 g/mol. The van der Waals surface area contributed by atoms with Crippen LogP contribution in [0.3, 0.4) is 0 Å². The Morgan fingerprint density at radius 1 is 1.03 bits per heavy atom. The Kier molecular flexibility index (Phi) is 7.13. The van der Waals surface area contributed by atoms with Gasteiger partial charge in [0.05, 0.1) is 25.6 Å². The van der Waals surface area contributed by atoms with Gasteiger partial charge in [0.1, 0.15) is 23.4 Å². The molecule has 1 unspecified atom stereocenters. The van der Waals surface area contributed by atoms with Crippen molar-refractivity contribution in [1.29, 1.82) is 0 Å². The Morgan fingerprint density at radius 2 is 1.87 bits per heavy atom. The highest BCUT2D eigenvalue weighted by Crippen LogP contribution is 2.36. The lowest BCUT2D eigenvalue weighted by Crippen LogP contribution is -2.17. The van der Waals surface area contributed by atoms with E-state index < -0.39 is 11.9 Å². The molecule has 0 aliphatic heterocycles. The van der Waals surface area contributed by atoms with Crippen LogP contribution in [0.25, 0.3) is 22.0 Å². The van der Waals surface area contributed by atoms with E-state index in [4.69, 9.17) is 15.2 Å². The van der Waals surface area contributed by atoms with E-state index in [2.05, 4.69) is 20.3 Å². The summed E-state index contributed by atoms with van der Waals surface area (Å²) in [5, 5.41) is 5.27. The maximum absolute atomic E-state index is 15.9. The number of pyridine rings is 1. The minimum Gasteiger partial charge on any atom is -0.496 e. The predicted octanol–water partition coefficient (Wildman–Crippen LogP) is 6.52. The summed E-state index contributed by atoms with van der Waals surface area (Å²) < 4.78 is 27.1. The van der Waals surface area contributed by atoms with Crippen molar-refractivity contribution in [3.63, 3.8) is 0 Å². The number of aryl methyl sites for hydroxylation is 1. The van der Waals surface area contributed by atoms with E-state index in [1.165, 1.54) is 0 Å². The second kappa shape index (κ2) is 10.8. The van der Waals surface area contributed by atoms with Gasteiger partial charge < -0.3 is 25.5 Å². The van der Waals surface area contributed by atoms with E-state index in [1.807, 2.05) is 68.4 Å². The largest absolute Gasteiger partial charge is 0.496 e. The Morgan fingerprint density at radius 3 is 2.66 bits per heavy atom. The Bertz CT molecular complexity index is 1580. The molecule has 0 amide bonds. The zero-order valence-corrected chi connectivity index (χ0v) is 21.6. The molecule has 194 valence electrons. The van der Waals surface area contributed by atoms with Crippen molar-refractivity contribution in [3.8, 4) is 22.8 Å². The molecule has 2 aromatic heterocycles. The fourth-order valence-electron chi connectivity index (χ4n) is 4.59.